The lowest BCUT2D eigenvalue weighted by atomic mass is 9.93. The third-order valence-corrected chi connectivity index (χ3v) is 5.27. The summed E-state index contributed by atoms with van der Waals surface area (Å²) in [5, 5.41) is 0.685. The van der Waals surface area contributed by atoms with E-state index in [2.05, 4.69) is 4.98 Å². The molecule has 1 unspecified atom stereocenters. The van der Waals surface area contributed by atoms with Crippen LogP contribution in [0.25, 0.3) is 0 Å². The van der Waals surface area contributed by atoms with Gasteiger partial charge in [0.05, 0.1) is 10.0 Å². The summed E-state index contributed by atoms with van der Waals surface area (Å²) >= 11 is 12.4. The maximum atomic E-state index is 11.9. The Hall–Kier alpha value is -2.76. The van der Waals surface area contributed by atoms with Gasteiger partial charge in [-0.2, -0.15) is 0 Å². The zero-order valence-electron chi connectivity index (χ0n) is 14.8. The Morgan fingerprint density at radius 1 is 1.14 bits per heavy atom. The number of aldehydes is 1. The molecule has 1 aliphatic rings. The lowest BCUT2D eigenvalue weighted by Crippen LogP contribution is -2.36. The van der Waals surface area contributed by atoms with E-state index in [1.165, 1.54) is 0 Å². The van der Waals surface area contributed by atoms with Crippen LogP contribution in [0.15, 0.2) is 54.7 Å². The Bertz CT molecular complexity index is 1000. The van der Waals surface area contributed by atoms with Gasteiger partial charge in [0, 0.05) is 18.4 Å². The predicted molar refractivity (Wildman–Crippen MR) is 111 cm³/mol. The number of nitrogens with two attached hydrogens (primary N) is 1. The fourth-order valence-corrected chi connectivity index (χ4v) is 4.00. The number of anilines is 2. The number of nitrogen functional groups attached to an aromatic ring is 1. The van der Waals surface area contributed by atoms with Gasteiger partial charge in [-0.05, 0) is 53.9 Å². The molecule has 28 heavy (non-hydrogen) atoms. The van der Waals surface area contributed by atoms with Crippen LogP contribution < -0.4 is 15.4 Å². The highest BCUT2D eigenvalue weighted by atomic mass is 35.5. The topological polar surface area (TPSA) is 68.5 Å². The summed E-state index contributed by atoms with van der Waals surface area (Å²) in [6.45, 7) is 0.681. The van der Waals surface area contributed by atoms with Gasteiger partial charge >= 0.3 is 0 Å². The minimum atomic E-state index is -0.392. The molecule has 2 heterocycles. The summed E-state index contributed by atoms with van der Waals surface area (Å²) in [5.41, 5.74) is 8.19. The quantitative estimate of drug-likeness (QED) is 0.477. The molecule has 0 spiro atoms. The van der Waals surface area contributed by atoms with Crippen molar-refractivity contribution in [3.05, 3.63) is 75.9 Å². The van der Waals surface area contributed by atoms with Gasteiger partial charge in [0.15, 0.2) is 5.75 Å². The molecule has 0 bridgehead atoms. The van der Waals surface area contributed by atoms with Crippen LogP contribution >= 0.6 is 23.2 Å². The van der Waals surface area contributed by atoms with Crippen LogP contribution in [-0.2, 0) is 11.2 Å². The number of rotatable bonds is 4. The average Bonchev–Trinajstić information content (AvgIpc) is 2.70. The highest BCUT2D eigenvalue weighted by Gasteiger charge is 2.28. The summed E-state index contributed by atoms with van der Waals surface area (Å²) in [5.74, 6) is 1.74. The number of aromatic nitrogens is 1. The third-order valence-electron chi connectivity index (χ3n) is 4.70. The first-order chi connectivity index (χ1) is 13.6. The van der Waals surface area contributed by atoms with Gasteiger partial charge in [-0.1, -0.05) is 35.3 Å². The first kappa shape index (κ1) is 18.6. The smallest absolute Gasteiger partial charge is 0.164 e. The standard InChI is InChI=1S/C21H17Cl2N3O2/c22-17-10-14(24)11-18(23)21(17)28-15-4-5-16-13(9-15)6-8-26(19(16)12-27)20-3-1-2-7-25-20/h1-5,7,9-12,19H,6,8,24H2. The van der Waals surface area contributed by atoms with Crippen molar-refractivity contribution >= 4 is 41.0 Å². The van der Waals surface area contributed by atoms with Crippen molar-refractivity contribution in [2.45, 2.75) is 12.5 Å². The van der Waals surface area contributed by atoms with Gasteiger partial charge in [0.2, 0.25) is 0 Å². The minimum absolute atomic E-state index is 0.342. The van der Waals surface area contributed by atoms with E-state index in [-0.39, 0.29) is 0 Å². The van der Waals surface area contributed by atoms with E-state index in [1.807, 2.05) is 35.2 Å². The molecule has 0 radical (unpaired) electrons. The fourth-order valence-electron chi connectivity index (χ4n) is 3.42. The maximum absolute atomic E-state index is 11.9. The fraction of sp³-hybridized carbons (Fsp3) is 0.143. The largest absolute Gasteiger partial charge is 0.454 e. The van der Waals surface area contributed by atoms with Crippen molar-refractivity contribution in [3.63, 3.8) is 0 Å². The van der Waals surface area contributed by atoms with Crippen molar-refractivity contribution in [2.24, 2.45) is 0 Å². The van der Waals surface area contributed by atoms with Crippen LogP contribution in [0, 0.1) is 0 Å². The van der Waals surface area contributed by atoms with Gasteiger partial charge in [-0.15, -0.1) is 0 Å². The van der Waals surface area contributed by atoms with E-state index >= 15 is 0 Å². The Balaban J connectivity index is 1.64. The maximum Gasteiger partial charge on any atom is 0.164 e. The number of carbonyl (C=O) groups is 1. The van der Waals surface area contributed by atoms with Crippen molar-refractivity contribution in [1.29, 1.82) is 0 Å². The molecule has 0 aliphatic carbocycles. The molecule has 0 amide bonds. The van der Waals surface area contributed by atoms with Crippen LogP contribution in [0.4, 0.5) is 11.5 Å². The molecule has 1 aliphatic heterocycles. The Morgan fingerprint density at radius 2 is 1.93 bits per heavy atom. The molecular formula is C21H17Cl2N3O2. The molecule has 2 N–H and O–H groups in total. The highest BCUT2D eigenvalue weighted by molar-refractivity contribution is 6.37. The normalized spacial score (nSPS) is 15.8. The molecule has 0 saturated carbocycles. The number of nitrogens with zero attached hydrogens (tertiary/aromatic N) is 2. The number of benzene rings is 2. The van der Waals surface area contributed by atoms with Gasteiger partial charge < -0.3 is 20.2 Å². The molecule has 7 heteroatoms. The van der Waals surface area contributed by atoms with Crippen LogP contribution in [0.3, 0.4) is 0 Å². The highest BCUT2D eigenvalue weighted by Crippen LogP contribution is 2.40. The zero-order chi connectivity index (χ0) is 19.7. The van der Waals surface area contributed by atoms with E-state index in [4.69, 9.17) is 33.7 Å². The van der Waals surface area contributed by atoms with Crippen molar-refractivity contribution < 1.29 is 9.53 Å². The molecule has 3 aromatic rings. The molecule has 4 rings (SSSR count). The Morgan fingerprint density at radius 3 is 2.61 bits per heavy atom. The number of halogens is 2. The lowest BCUT2D eigenvalue weighted by Gasteiger charge is -2.35. The molecule has 0 saturated heterocycles. The molecular weight excluding hydrogens is 397 g/mol. The zero-order valence-corrected chi connectivity index (χ0v) is 16.3. The molecule has 1 aromatic heterocycles. The molecule has 1 atom stereocenters. The Labute approximate surface area is 172 Å². The van der Waals surface area contributed by atoms with E-state index in [1.54, 1.807) is 24.4 Å². The molecule has 0 fully saturated rings. The van der Waals surface area contributed by atoms with Crippen molar-refractivity contribution in [2.75, 3.05) is 17.2 Å². The number of carbonyl (C=O) groups excluding carboxylic acids is 1. The van der Waals surface area contributed by atoms with E-state index in [0.717, 1.165) is 29.7 Å². The van der Waals surface area contributed by atoms with E-state index in [0.29, 0.717) is 33.8 Å². The second-order valence-electron chi connectivity index (χ2n) is 6.49. The Kier molecular flexibility index (Phi) is 5.11. The number of ether oxygens (including phenoxy) is 1. The number of fused-ring (bicyclic) bond motifs is 1. The SMILES string of the molecule is Nc1cc(Cl)c(Oc2ccc3c(c2)CCN(c2ccccn2)C3C=O)c(Cl)c1. The van der Waals surface area contributed by atoms with Crippen LogP contribution in [0.1, 0.15) is 17.2 Å². The molecule has 5 nitrogen and oxygen atoms in total. The summed E-state index contributed by atoms with van der Waals surface area (Å²) in [4.78, 5) is 18.2. The monoisotopic (exact) mass is 413 g/mol. The third kappa shape index (κ3) is 3.51. The van der Waals surface area contributed by atoms with E-state index in [9.17, 15) is 4.79 Å². The summed E-state index contributed by atoms with van der Waals surface area (Å²) < 4.78 is 5.91. The summed E-state index contributed by atoms with van der Waals surface area (Å²) in [6.07, 6.45) is 3.43. The number of hydrogen-bond donors (Lipinski definition) is 1. The number of pyridine rings is 1. The van der Waals surface area contributed by atoms with Crippen molar-refractivity contribution in [3.8, 4) is 11.5 Å². The van der Waals surface area contributed by atoms with Gasteiger partial charge in [0.1, 0.15) is 23.9 Å². The molecule has 142 valence electrons. The first-order valence-corrected chi connectivity index (χ1v) is 9.50. The first-order valence-electron chi connectivity index (χ1n) is 8.75. The van der Waals surface area contributed by atoms with Crippen LogP contribution in [0.5, 0.6) is 11.5 Å². The number of hydrogen-bond acceptors (Lipinski definition) is 5. The van der Waals surface area contributed by atoms with Gasteiger partial charge in [-0.25, -0.2) is 4.98 Å². The predicted octanol–water partition coefficient (Wildman–Crippen LogP) is 5.07. The summed E-state index contributed by atoms with van der Waals surface area (Å²) in [7, 11) is 0. The lowest BCUT2D eigenvalue weighted by molar-refractivity contribution is -0.109. The van der Waals surface area contributed by atoms with Gasteiger partial charge in [0.25, 0.3) is 0 Å². The van der Waals surface area contributed by atoms with Crippen molar-refractivity contribution in [1.82, 2.24) is 4.98 Å². The molecule has 2 aromatic carbocycles. The van der Waals surface area contributed by atoms with Crippen LogP contribution in [-0.4, -0.2) is 17.8 Å². The second-order valence-corrected chi connectivity index (χ2v) is 7.30. The van der Waals surface area contributed by atoms with Crippen LogP contribution in [0.2, 0.25) is 10.0 Å². The van der Waals surface area contributed by atoms with E-state index < -0.39 is 6.04 Å². The minimum Gasteiger partial charge on any atom is -0.454 e. The second kappa shape index (κ2) is 7.70. The average molecular weight is 414 g/mol. The van der Waals surface area contributed by atoms with Gasteiger partial charge in [-0.3, -0.25) is 0 Å². The summed E-state index contributed by atoms with van der Waals surface area (Å²) in [6, 6.07) is 14.1.